The van der Waals surface area contributed by atoms with Gasteiger partial charge in [0.15, 0.2) is 0 Å². The summed E-state index contributed by atoms with van der Waals surface area (Å²) in [5.74, 6) is 1.35. The van der Waals surface area contributed by atoms with E-state index in [2.05, 4.69) is 13.8 Å². The molecule has 0 bridgehead atoms. The van der Waals surface area contributed by atoms with Crippen molar-refractivity contribution in [3.05, 3.63) is 29.8 Å². The monoisotopic (exact) mass is 333 g/mol. The van der Waals surface area contributed by atoms with Crippen LogP contribution in [-0.2, 0) is 0 Å². The molecule has 1 aromatic carbocycles. The molecule has 0 spiro atoms. The first kappa shape index (κ1) is 20.5. The number of amides is 1. The van der Waals surface area contributed by atoms with Crippen molar-refractivity contribution in [3.8, 4) is 5.75 Å². The summed E-state index contributed by atoms with van der Waals surface area (Å²) in [6.45, 7) is 5.35. The van der Waals surface area contributed by atoms with Crippen molar-refractivity contribution in [2.75, 3.05) is 6.61 Å². The quantitative estimate of drug-likeness (QED) is 0.443. The molecule has 1 unspecified atom stereocenters. The van der Waals surface area contributed by atoms with E-state index >= 15 is 0 Å². The zero-order valence-electron chi connectivity index (χ0n) is 15.6. The van der Waals surface area contributed by atoms with Gasteiger partial charge in [0.2, 0.25) is 5.91 Å². The molecule has 0 saturated carbocycles. The van der Waals surface area contributed by atoms with E-state index < -0.39 is 5.91 Å². The lowest BCUT2D eigenvalue weighted by molar-refractivity contribution is 0.100. The molecule has 1 aromatic rings. The van der Waals surface area contributed by atoms with Crippen LogP contribution in [0.4, 0.5) is 0 Å². The molecule has 0 fully saturated rings. The van der Waals surface area contributed by atoms with E-state index in [1.165, 1.54) is 57.8 Å². The van der Waals surface area contributed by atoms with Crippen molar-refractivity contribution in [3.63, 3.8) is 0 Å². The van der Waals surface area contributed by atoms with E-state index in [0.29, 0.717) is 5.56 Å². The highest BCUT2D eigenvalue weighted by atomic mass is 16.5. The van der Waals surface area contributed by atoms with Gasteiger partial charge >= 0.3 is 0 Å². The number of hydrogen-bond donors (Lipinski definition) is 1. The van der Waals surface area contributed by atoms with E-state index in [0.717, 1.165) is 24.7 Å². The minimum atomic E-state index is -0.401. The van der Waals surface area contributed by atoms with Crippen molar-refractivity contribution in [1.82, 2.24) is 0 Å². The number of nitrogens with two attached hydrogens (primary N) is 1. The van der Waals surface area contributed by atoms with Gasteiger partial charge < -0.3 is 10.5 Å². The summed E-state index contributed by atoms with van der Waals surface area (Å²) in [4.78, 5) is 11.0. The summed E-state index contributed by atoms with van der Waals surface area (Å²) in [6.07, 6.45) is 13.2. The molecule has 24 heavy (non-hydrogen) atoms. The molecule has 0 radical (unpaired) electrons. The SMILES string of the molecule is CCCCC(CC)CCCCCCCOc1ccc(C(N)=O)cc1. The number of carbonyl (C=O) groups excluding carboxylic acids is 1. The fourth-order valence-electron chi connectivity index (χ4n) is 3.02. The van der Waals surface area contributed by atoms with Crippen LogP contribution >= 0.6 is 0 Å². The first-order valence-corrected chi connectivity index (χ1v) is 9.70. The lowest BCUT2D eigenvalue weighted by Gasteiger charge is -2.13. The second-order valence-corrected chi connectivity index (χ2v) is 6.71. The summed E-state index contributed by atoms with van der Waals surface area (Å²) < 4.78 is 5.70. The highest BCUT2D eigenvalue weighted by molar-refractivity contribution is 5.92. The van der Waals surface area contributed by atoms with E-state index in [1.807, 2.05) is 0 Å². The molecule has 0 heterocycles. The molecule has 1 rings (SSSR count). The van der Waals surface area contributed by atoms with Crippen molar-refractivity contribution in [1.29, 1.82) is 0 Å². The maximum absolute atomic E-state index is 11.0. The summed E-state index contributed by atoms with van der Waals surface area (Å²) >= 11 is 0. The molecular weight excluding hydrogens is 298 g/mol. The molecule has 1 atom stereocenters. The Hall–Kier alpha value is -1.51. The molecule has 0 aliphatic heterocycles. The van der Waals surface area contributed by atoms with Crippen LogP contribution in [0.2, 0.25) is 0 Å². The highest BCUT2D eigenvalue weighted by Gasteiger charge is 2.05. The van der Waals surface area contributed by atoms with Crippen molar-refractivity contribution in [2.24, 2.45) is 11.7 Å². The van der Waals surface area contributed by atoms with Gasteiger partial charge in [0.05, 0.1) is 6.61 Å². The van der Waals surface area contributed by atoms with E-state index in [9.17, 15) is 4.79 Å². The Balaban J connectivity index is 2.01. The molecule has 136 valence electrons. The van der Waals surface area contributed by atoms with Gasteiger partial charge in [-0.15, -0.1) is 0 Å². The molecule has 0 aliphatic carbocycles. The number of benzene rings is 1. The van der Waals surface area contributed by atoms with Crippen LogP contribution in [0.3, 0.4) is 0 Å². The number of unbranched alkanes of at least 4 members (excludes halogenated alkanes) is 5. The summed E-state index contributed by atoms with van der Waals surface area (Å²) in [5, 5.41) is 0. The van der Waals surface area contributed by atoms with Crippen LogP contribution in [0.1, 0.15) is 88.4 Å². The van der Waals surface area contributed by atoms with Gasteiger partial charge in [-0.05, 0) is 36.6 Å². The summed E-state index contributed by atoms with van der Waals surface area (Å²) in [5.41, 5.74) is 5.74. The Bertz CT molecular complexity index is 442. The average molecular weight is 334 g/mol. The number of primary amides is 1. The van der Waals surface area contributed by atoms with E-state index in [1.54, 1.807) is 24.3 Å². The fraction of sp³-hybridized carbons (Fsp3) is 0.667. The van der Waals surface area contributed by atoms with Crippen molar-refractivity contribution >= 4 is 5.91 Å². The Labute approximate surface area is 148 Å². The first-order valence-electron chi connectivity index (χ1n) is 9.70. The van der Waals surface area contributed by atoms with Crippen molar-refractivity contribution < 1.29 is 9.53 Å². The second kappa shape index (κ2) is 12.9. The third-order valence-corrected chi connectivity index (χ3v) is 4.71. The Morgan fingerprint density at radius 2 is 1.58 bits per heavy atom. The second-order valence-electron chi connectivity index (χ2n) is 6.71. The van der Waals surface area contributed by atoms with Gasteiger partial charge in [0, 0.05) is 5.56 Å². The maximum atomic E-state index is 11.0. The standard InChI is InChI=1S/C21H35NO2/c1-3-5-11-18(4-2)12-9-7-6-8-10-17-24-20-15-13-19(14-16-20)21(22)23/h13-16,18H,3-12,17H2,1-2H3,(H2,22,23). The topological polar surface area (TPSA) is 52.3 Å². The Morgan fingerprint density at radius 3 is 2.21 bits per heavy atom. The van der Waals surface area contributed by atoms with Crippen LogP contribution in [0, 0.1) is 5.92 Å². The van der Waals surface area contributed by atoms with E-state index in [4.69, 9.17) is 10.5 Å². The van der Waals surface area contributed by atoms with Crippen LogP contribution in [0.5, 0.6) is 5.75 Å². The molecule has 0 aliphatic rings. The predicted octanol–water partition coefficient (Wildman–Crippen LogP) is 5.72. The number of carbonyl (C=O) groups is 1. The van der Waals surface area contributed by atoms with Crippen LogP contribution in [-0.4, -0.2) is 12.5 Å². The molecule has 2 N–H and O–H groups in total. The van der Waals surface area contributed by atoms with Crippen LogP contribution in [0.25, 0.3) is 0 Å². The lowest BCUT2D eigenvalue weighted by atomic mass is 9.93. The first-order chi connectivity index (χ1) is 11.7. The Morgan fingerprint density at radius 1 is 0.958 bits per heavy atom. The molecule has 1 amide bonds. The predicted molar refractivity (Wildman–Crippen MR) is 101 cm³/mol. The van der Waals surface area contributed by atoms with Crippen LogP contribution in [0.15, 0.2) is 24.3 Å². The van der Waals surface area contributed by atoms with Gasteiger partial charge in [-0.3, -0.25) is 4.79 Å². The van der Waals surface area contributed by atoms with Gasteiger partial charge in [0.1, 0.15) is 5.75 Å². The molecule has 0 aromatic heterocycles. The van der Waals surface area contributed by atoms with Gasteiger partial charge in [-0.1, -0.05) is 71.6 Å². The van der Waals surface area contributed by atoms with Crippen molar-refractivity contribution in [2.45, 2.75) is 78.1 Å². The number of ether oxygens (including phenoxy) is 1. The lowest BCUT2D eigenvalue weighted by Crippen LogP contribution is -2.10. The third-order valence-electron chi connectivity index (χ3n) is 4.71. The minimum absolute atomic E-state index is 0.401. The van der Waals surface area contributed by atoms with Gasteiger partial charge in [-0.2, -0.15) is 0 Å². The molecular formula is C21H35NO2. The third kappa shape index (κ3) is 8.95. The van der Waals surface area contributed by atoms with Gasteiger partial charge in [0.25, 0.3) is 0 Å². The number of rotatable bonds is 14. The normalized spacial score (nSPS) is 12.1. The smallest absolute Gasteiger partial charge is 0.248 e. The molecule has 0 saturated heterocycles. The summed E-state index contributed by atoms with van der Waals surface area (Å²) in [7, 11) is 0. The minimum Gasteiger partial charge on any atom is -0.494 e. The number of hydrogen-bond acceptors (Lipinski definition) is 2. The van der Waals surface area contributed by atoms with Gasteiger partial charge in [-0.25, -0.2) is 0 Å². The largest absolute Gasteiger partial charge is 0.494 e. The Kier molecular flexibility index (Phi) is 11.0. The van der Waals surface area contributed by atoms with E-state index in [-0.39, 0.29) is 0 Å². The highest BCUT2D eigenvalue weighted by Crippen LogP contribution is 2.20. The zero-order valence-corrected chi connectivity index (χ0v) is 15.6. The molecule has 3 nitrogen and oxygen atoms in total. The van der Waals surface area contributed by atoms with Crippen LogP contribution < -0.4 is 10.5 Å². The zero-order chi connectivity index (χ0) is 17.6. The maximum Gasteiger partial charge on any atom is 0.248 e. The average Bonchev–Trinajstić information content (AvgIpc) is 2.60. The fourth-order valence-corrected chi connectivity index (χ4v) is 3.02. The molecule has 3 heteroatoms. The summed E-state index contributed by atoms with van der Waals surface area (Å²) in [6, 6.07) is 7.03.